The Labute approximate surface area is 157 Å². The first-order chi connectivity index (χ1) is 12.3. The van der Waals surface area contributed by atoms with Gasteiger partial charge in [0.25, 0.3) is 0 Å². The Morgan fingerprint density at radius 2 is 1.23 bits per heavy atom. The van der Waals surface area contributed by atoms with E-state index in [2.05, 4.69) is 19.2 Å². The van der Waals surface area contributed by atoms with Gasteiger partial charge in [-0.2, -0.15) is 0 Å². The van der Waals surface area contributed by atoms with Crippen molar-refractivity contribution >= 4 is 17.8 Å². The molecule has 3 N–H and O–H groups in total. The zero-order chi connectivity index (χ0) is 19.8. The van der Waals surface area contributed by atoms with Crippen LogP contribution in [0.5, 0.6) is 0 Å². The van der Waals surface area contributed by atoms with E-state index in [4.69, 9.17) is 10.2 Å². The highest BCUT2D eigenvalue weighted by Gasteiger charge is 2.22. The number of nitrogens with one attached hydrogen (secondary N) is 1. The van der Waals surface area contributed by atoms with Gasteiger partial charge in [-0.1, -0.05) is 78.1 Å². The van der Waals surface area contributed by atoms with Gasteiger partial charge in [-0.3, -0.25) is 9.59 Å². The van der Waals surface area contributed by atoms with E-state index in [0.29, 0.717) is 6.42 Å². The maximum atomic E-state index is 11.7. The van der Waals surface area contributed by atoms with Gasteiger partial charge in [0.2, 0.25) is 5.91 Å². The van der Waals surface area contributed by atoms with Crippen LogP contribution in [0, 0.1) is 5.92 Å². The number of hydrogen-bond acceptors (Lipinski definition) is 3. The lowest BCUT2D eigenvalue weighted by molar-refractivity contribution is -0.147. The number of rotatable bonds is 17. The van der Waals surface area contributed by atoms with Crippen molar-refractivity contribution in [2.24, 2.45) is 5.92 Å². The van der Waals surface area contributed by atoms with Crippen molar-refractivity contribution in [2.45, 2.75) is 103 Å². The predicted molar refractivity (Wildman–Crippen MR) is 102 cm³/mol. The van der Waals surface area contributed by atoms with Crippen LogP contribution in [0.4, 0.5) is 0 Å². The molecule has 6 nitrogen and oxygen atoms in total. The summed E-state index contributed by atoms with van der Waals surface area (Å²) in [4.78, 5) is 33.1. The van der Waals surface area contributed by atoms with E-state index in [-0.39, 0.29) is 12.3 Å². The molecule has 6 heteroatoms. The van der Waals surface area contributed by atoms with E-state index in [1.165, 1.54) is 51.4 Å². The lowest BCUT2D eigenvalue weighted by Gasteiger charge is -2.12. The van der Waals surface area contributed by atoms with Gasteiger partial charge in [0.1, 0.15) is 6.04 Å². The first-order valence-corrected chi connectivity index (χ1v) is 10.1. The summed E-state index contributed by atoms with van der Waals surface area (Å²) in [5.41, 5.74) is 0. The summed E-state index contributed by atoms with van der Waals surface area (Å²) >= 11 is 0. The number of carbonyl (C=O) groups excluding carboxylic acids is 1. The van der Waals surface area contributed by atoms with Crippen LogP contribution in [0.25, 0.3) is 0 Å². The number of unbranched alkanes of at least 4 members (excludes halogenated alkanes) is 9. The number of amides is 1. The molecule has 0 aliphatic heterocycles. The van der Waals surface area contributed by atoms with Crippen molar-refractivity contribution in [1.82, 2.24) is 5.32 Å². The molecular weight excluding hydrogens is 334 g/mol. The van der Waals surface area contributed by atoms with Crippen molar-refractivity contribution in [2.75, 3.05) is 0 Å². The summed E-state index contributed by atoms with van der Waals surface area (Å²) in [6.07, 6.45) is 12.7. The number of hydrogen-bond donors (Lipinski definition) is 3. The highest BCUT2D eigenvalue weighted by Crippen LogP contribution is 2.13. The number of aliphatic carboxylic acids is 2. The van der Waals surface area contributed by atoms with E-state index in [1.54, 1.807) is 0 Å². The topological polar surface area (TPSA) is 104 Å². The molecule has 0 aromatic carbocycles. The van der Waals surface area contributed by atoms with E-state index < -0.39 is 24.4 Å². The molecule has 0 bridgehead atoms. The Kier molecular flexibility index (Phi) is 14.7. The maximum Gasteiger partial charge on any atom is 0.326 e. The van der Waals surface area contributed by atoms with E-state index >= 15 is 0 Å². The summed E-state index contributed by atoms with van der Waals surface area (Å²) in [5.74, 6) is -2.13. The fraction of sp³-hybridized carbons (Fsp3) is 0.850. The molecule has 0 fully saturated rings. The molecule has 0 saturated heterocycles. The average Bonchev–Trinajstić information content (AvgIpc) is 2.54. The average molecular weight is 372 g/mol. The SMILES string of the molecule is CC(C)CCCCCCCCCCCCC(=O)N[C@@H](CC(=O)O)C(=O)O. The van der Waals surface area contributed by atoms with Crippen LogP contribution in [0.3, 0.4) is 0 Å². The van der Waals surface area contributed by atoms with Crippen molar-refractivity contribution in [3.05, 3.63) is 0 Å². The molecule has 0 saturated carbocycles. The highest BCUT2D eigenvalue weighted by atomic mass is 16.4. The summed E-state index contributed by atoms with van der Waals surface area (Å²) in [5, 5.41) is 19.8. The molecule has 0 aromatic heterocycles. The van der Waals surface area contributed by atoms with Crippen LogP contribution in [0.1, 0.15) is 97.3 Å². The second-order valence-corrected chi connectivity index (χ2v) is 7.52. The van der Waals surface area contributed by atoms with Gasteiger partial charge in [-0.25, -0.2) is 4.79 Å². The third-order valence-corrected chi connectivity index (χ3v) is 4.45. The molecule has 0 heterocycles. The van der Waals surface area contributed by atoms with Crippen LogP contribution in [-0.2, 0) is 14.4 Å². The second-order valence-electron chi connectivity index (χ2n) is 7.52. The minimum absolute atomic E-state index is 0.249. The Balaban J connectivity index is 3.50. The summed E-state index contributed by atoms with van der Waals surface area (Å²) in [6, 6.07) is -1.35. The molecule has 0 aliphatic carbocycles. The highest BCUT2D eigenvalue weighted by molar-refractivity contribution is 5.86. The minimum atomic E-state index is -1.35. The Morgan fingerprint density at radius 1 is 0.769 bits per heavy atom. The first kappa shape index (κ1) is 24.4. The van der Waals surface area contributed by atoms with Gasteiger partial charge in [-0.05, 0) is 12.3 Å². The molecular formula is C20H37NO5. The van der Waals surface area contributed by atoms with Crippen LogP contribution in [0.15, 0.2) is 0 Å². The third kappa shape index (κ3) is 15.9. The second kappa shape index (κ2) is 15.6. The molecule has 26 heavy (non-hydrogen) atoms. The third-order valence-electron chi connectivity index (χ3n) is 4.45. The molecule has 0 aromatic rings. The largest absolute Gasteiger partial charge is 0.481 e. The molecule has 0 aliphatic rings. The molecule has 0 spiro atoms. The van der Waals surface area contributed by atoms with Gasteiger partial charge in [0.05, 0.1) is 6.42 Å². The van der Waals surface area contributed by atoms with Crippen molar-refractivity contribution in [3.63, 3.8) is 0 Å². The normalized spacial score (nSPS) is 12.1. The maximum absolute atomic E-state index is 11.7. The zero-order valence-electron chi connectivity index (χ0n) is 16.5. The smallest absolute Gasteiger partial charge is 0.326 e. The number of carboxylic acid groups (broad SMARTS) is 2. The Hall–Kier alpha value is -1.59. The van der Waals surface area contributed by atoms with Gasteiger partial charge in [-0.15, -0.1) is 0 Å². The Bertz CT molecular complexity index is 409. The molecule has 0 rings (SSSR count). The Morgan fingerprint density at radius 3 is 1.65 bits per heavy atom. The molecule has 0 unspecified atom stereocenters. The van der Waals surface area contributed by atoms with Crippen LogP contribution in [-0.4, -0.2) is 34.1 Å². The van der Waals surface area contributed by atoms with Gasteiger partial charge in [0, 0.05) is 6.42 Å². The monoisotopic (exact) mass is 371 g/mol. The first-order valence-electron chi connectivity index (χ1n) is 10.1. The fourth-order valence-corrected chi connectivity index (χ4v) is 2.89. The summed E-state index contributed by atoms with van der Waals surface area (Å²) < 4.78 is 0. The lowest BCUT2D eigenvalue weighted by Crippen LogP contribution is -2.42. The van der Waals surface area contributed by atoms with Crippen LogP contribution < -0.4 is 5.32 Å². The van der Waals surface area contributed by atoms with Gasteiger partial charge in [0.15, 0.2) is 0 Å². The predicted octanol–water partition coefficient (Wildman–Crippen LogP) is 4.37. The van der Waals surface area contributed by atoms with Gasteiger partial charge >= 0.3 is 11.9 Å². The van der Waals surface area contributed by atoms with E-state index in [0.717, 1.165) is 18.8 Å². The molecule has 0 radical (unpaired) electrons. The fourth-order valence-electron chi connectivity index (χ4n) is 2.89. The van der Waals surface area contributed by atoms with Crippen LogP contribution in [0.2, 0.25) is 0 Å². The molecule has 1 amide bonds. The lowest BCUT2D eigenvalue weighted by atomic mass is 10.0. The van der Waals surface area contributed by atoms with Crippen LogP contribution >= 0.6 is 0 Å². The van der Waals surface area contributed by atoms with Gasteiger partial charge < -0.3 is 15.5 Å². The summed E-state index contributed by atoms with van der Waals surface area (Å²) in [7, 11) is 0. The quantitative estimate of drug-likeness (QED) is 0.329. The molecule has 152 valence electrons. The number of carboxylic acids is 2. The summed E-state index contributed by atoms with van der Waals surface area (Å²) in [6.45, 7) is 4.54. The standard InChI is InChI=1S/C20H37NO5/c1-16(2)13-11-9-7-5-3-4-6-8-10-12-14-18(22)21-17(20(25)26)15-19(23)24/h16-17H,3-15H2,1-2H3,(H,21,22)(H,23,24)(H,25,26)/t17-/m0/s1. The van der Waals surface area contributed by atoms with Crippen molar-refractivity contribution in [3.8, 4) is 0 Å². The molecule has 1 atom stereocenters. The van der Waals surface area contributed by atoms with E-state index in [9.17, 15) is 14.4 Å². The zero-order valence-corrected chi connectivity index (χ0v) is 16.5. The van der Waals surface area contributed by atoms with E-state index in [1.807, 2.05) is 0 Å². The minimum Gasteiger partial charge on any atom is -0.481 e. The van der Waals surface area contributed by atoms with Crippen molar-refractivity contribution in [1.29, 1.82) is 0 Å². The number of carbonyl (C=O) groups is 3. The van der Waals surface area contributed by atoms with Crippen molar-refractivity contribution < 1.29 is 24.6 Å².